The number of hydrogen-bond donors (Lipinski definition) is 0. The third kappa shape index (κ3) is 22.1. The standard InChI is InChI=1S/C34H64N/c1-3-5-7-9-11-13-15-16-17-19-21-23-25-27-31-35-32-29-34(30-33-35)28-26-24-22-20-18-14-12-10-8-6-4-2/h29-30,32-33H,3-28,31H2,1-2H3/q+1. The lowest BCUT2D eigenvalue weighted by Gasteiger charge is -2.04. The minimum absolute atomic E-state index is 1.19. The van der Waals surface area contributed by atoms with Crippen molar-refractivity contribution in [1.82, 2.24) is 0 Å². The van der Waals surface area contributed by atoms with Crippen molar-refractivity contribution in [3.05, 3.63) is 30.1 Å². The Hall–Kier alpha value is -0.850. The van der Waals surface area contributed by atoms with Gasteiger partial charge in [0, 0.05) is 18.6 Å². The van der Waals surface area contributed by atoms with E-state index in [1.165, 1.54) is 179 Å². The average Bonchev–Trinajstić information content (AvgIpc) is 2.88. The summed E-state index contributed by atoms with van der Waals surface area (Å²) < 4.78 is 2.39. The third-order valence-corrected chi connectivity index (χ3v) is 7.80. The van der Waals surface area contributed by atoms with Crippen LogP contribution in [0.5, 0.6) is 0 Å². The number of aryl methyl sites for hydroxylation is 2. The van der Waals surface area contributed by atoms with Crippen LogP contribution in [0.1, 0.15) is 180 Å². The van der Waals surface area contributed by atoms with E-state index in [1.807, 2.05) is 0 Å². The van der Waals surface area contributed by atoms with E-state index in [9.17, 15) is 0 Å². The van der Waals surface area contributed by atoms with Crippen LogP contribution in [-0.2, 0) is 13.0 Å². The molecule has 204 valence electrons. The van der Waals surface area contributed by atoms with E-state index in [0.717, 1.165) is 0 Å². The van der Waals surface area contributed by atoms with E-state index < -0.39 is 0 Å². The number of unbranched alkanes of at least 4 members (excludes halogenated alkanes) is 23. The van der Waals surface area contributed by atoms with Crippen LogP contribution in [0.4, 0.5) is 0 Å². The van der Waals surface area contributed by atoms with Crippen molar-refractivity contribution < 1.29 is 4.57 Å². The molecular formula is C34H64N+. The molecule has 1 heterocycles. The largest absolute Gasteiger partial charge is 0.205 e. The summed E-state index contributed by atoms with van der Waals surface area (Å²) in [5.74, 6) is 0. The van der Waals surface area contributed by atoms with Crippen molar-refractivity contribution in [2.75, 3.05) is 0 Å². The summed E-state index contributed by atoms with van der Waals surface area (Å²) >= 11 is 0. The van der Waals surface area contributed by atoms with Crippen molar-refractivity contribution in [3.63, 3.8) is 0 Å². The SMILES string of the molecule is CCCCCCCCCCCCCCCC[n+]1ccc(CCCCCCCCCCCCC)cc1. The first-order chi connectivity index (χ1) is 17.4. The van der Waals surface area contributed by atoms with Gasteiger partial charge in [0.05, 0.1) is 0 Å². The molecule has 1 aromatic heterocycles. The van der Waals surface area contributed by atoms with Gasteiger partial charge in [0.2, 0.25) is 0 Å². The Labute approximate surface area is 221 Å². The summed E-state index contributed by atoms with van der Waals surface area (Å²) in [6.45, 7) is 5.79. The van der Waals surface area contributed by atoms with E-state index in [4.69, 9.17) is 0 Å². The lowest BCUT2D eigenvalue weighted by atomic mass is 10.0. The second kappa shape index (κ2) is 26.2. The molecule has 1 rings (SSSR count). The second-order valence-electron chi connectivity index (χ2n) is 11.3. The zero-order valence-corrected chi connectivity index (χ0v) is 24.3. The highest BCUT2D eigenvalue weighted by molar-refractivity contribution is 5.07. The van der Waals surface area contributed by atoms with Gasteiger partial charge in [0.25, 0.3) is 0 Å². The molecule has 0 aliphatic carbocycles. The lowest BCUT2D eigenvalue weighted by Crippen LogP contribution is -2.32. The predicted octanol–water partition coefficient (Wildman–Crippen LogP) is 11.3. The van der Waals surface area contributed by atoms with Gasteiger partial charge in [-0.3, -0.25) is 0 Å². The second-order valence-corrected chi connectivity index (χ2v) is 11.3. The van der Waals surface area contributed by atoms with Crippen LogP contribution in [0.2, 0.25) is 0 Å². The maximum absolute atomic E-state index is 2.39. The van der Waals surface area contributed by atoms with Crippen LogP contribution in [0.3, 0.4) is 0 Å². The normalized spacial score (nSPS) is 11.4. The summed E-state index contributed by atoms with van der Waals surface area (Å²) in [6, 6.07) is 4.72. The summed E-state index contributed by atoms with van der Waals surface area (Å²) in [7, 11) is 0. The first-order valence-corrected chi connectivity index (χ1v) is 16.3. The monoisotopic (exact) mass is 487 g/mol. The van der Waals surface area contributed by atoms with Gasteiger partial charge < -0.3 is 0 Å². The molecule has 0 aliphatic rings. The molecule has 0 aliphatic heterocycles. The Balaban J connectivity index is 1.86. The van der Waals surface area contributed by atoms with E-state index >= 15 is 0 Å². The van der Waals surface area contributed by atoms with Crippen molar-refractivity contribution >= 4 is 0 Å². The topological polar surface area (TPSA) is 3.88 Å². The lowest BCUT2D eigenvalue weighted by molar-refractivity contribution is -0.697. The highest BCUT2D eigenvalue weighted by atomic mass is 14.9. The zero-order valence-electron chi connectivity index (χ0n) is 24.3. The maximum Gasteiger partial charge on any atom is 0.169 e. The van der Waals surface area contributed by atoms with Crippen molar-refractivity contribution in [2.24, 2.45) is 0 Å². The molecule has 0 spiro atoms. The first kappa shape index (κ1) is 32.2. The Morgan fingerprint density at radius 2 is 0.714 bits per heavy atom. The molecule has 0 unspecified atom stereocenters. The van der Waals surface area contributed by atoms with Crippen molar-refractivity contribution in [3.8, 4) is 0 Å². The summed E-state index contributed by atoms with van der Waals surface area (Å²) in [6.07, 6.45) is 41.7. The molecule has 1 aromatic rings. The quantitative estimate of drug-likeness (QED) is 0.0859. The van der Waals surface area contributed by atoms with Crippen LogP contribution in [0.25, 0.3) is 0 Å². The summed E-state index contributed by atoms with van der Waals surface area (Å²) in [4.78, 5) is 0. The van der Waals surface area contributed by atoms with Crippen molar-refractivity contribution in [2.45, 2.75) is 187 Å². The molecule has 35 heavy (non-hydrogen) atoms. The number of rotatable bonds is 27. The number of nitrogens with zero attached hydrogens (tertiary/aromatic N) is 1. The molecule has 0 bridgehead atoms. The minimum Gasteiger partial charge on any atom is -0.205 e. The zero-order chi connectivity index (χ0) is 25.1. The van der Waals surface area contributed by atoms with Crippen molar-refractivity contribution in [1.29, 1.82) is 0 Å². The fourth-order valence-electron chi connectivity index (χ4n) is 5.29. The molecule has 0 amide bonds. The Bertz CT molecular complexity index is 520. The van der Waals surface area contributed by atoms with Crippen LogP contribution in [-0.4, -0.2) is 0 Å². The Morgan fingerprint density at radius 1 is 0.400 bits per heavy atom. The summed E-state index contributed by atoms with van der Waals surface area (Å²) in [5, 5.41) is 0. The summed E-state index contributed by atoms with van der Waals surface area (Å²) in [5.41, 5.74) is 1.53. The molecule has 0 saturated heterocycles. The number of aromatic nitrogens is 1. The van der Waals surface area contributed by atoms with Gasteiger partial charge in [-0.25, -0.2) is 4.57 Å². The minimum atomic E-state index is 1.19. The Kier molecular flexibility index (Phi) is 24.1. The molecule has 0 N–H and O–H groups in total. The smallest absolute Gasteiger partial charge is 0.169 e. The van der Waals surface area contributed by atoms with Gasteiger partial charge in [0.1, 0.15) is 6.54 Å². The molecule has 0 aromatic carbocycles. The molecule has 1 heteroatoms. The van der Waals surface area contributed by atoms with E-state index in [1.54, 1.807) is 0 Å². The van der Waals surface area contributed by atoms with E-state index in [-0.39, 0.29) is 0 Å². The molecular weight excluding hydrogens is 422 g/mol. The van der Waals surface area contributed by atoms with Gasteiger partial charge in [-0.15, -0.1) is 0 Å². The van der Waals surface area contributed by atoms with E-state index in [0.29, 0.717) is 0 Å². The van der Waals surface area contributed by atoms with Gasteiger partial charge in [-0.2, -0.15) is 0 Å². The maximum atomic E-state index is 2.39. The van der Waals surface area contributed by atoms with E-state index in [2.05, 4.69) is 42.9 Å². The number of pyridine rings is 1. The van der Waals surface area contributed by atoms with Crippen LogP contribution < -0.4 is 4.57 Å². The fourth-order valence-corrected chi connectivity index (χ4v) is 5.29. The van der Waals surface area contributed by atoms with Gasteiger partial charge in [0.15, 0.2) is 12.4 Å². The molecule has 0 atom stereocenters. The molecule has 0 saturated carbocycles. The van der Waals surface area contributed by atoms with Gasteiger partial charge in [-0.05, 0) is 24.8 Å². The molecule has 0 fully saturated rings. The van der Waals surface area contributed by atoms with Gasteiger partial charge in [-0.1, -0.05) is 155 Å². The predicted molar refractivity (Wildman–Crippen MR) is 157 cm³/mol. The highest BCUT2D eigenvalue weighted by Crippen LogP contribution is 2.14. The van der Waals surface area contributed by atoms with Crippen LogP contribution in [0.15, 0.2) is 24.5 Å². The van der Waals surface area contributed by atoms with Crippen LogP contribution >= 0.6 is 0 Å². The molecule has 1 nitrogen and oxygen atoms in total. The van der Waals surface area contributed by atoms with Crippen LogP contribution in [0, 0.1) is 0 Å². The average molecular weight is 487 g/mol. The van der Waals surface area contributed by atoms with Gasteiger partial charge >= 0.3 is 0 Å². The molecule has 0 radical (unpaired) electrons. The fraction of sp³-hybridized carbons (Fsp3) is 0.853. The first-order valence-electron chi connectivity index (χ1n) is 16.3. The third-order valence-electron chi connectivity index (χ3n) is 7.80. The Morgan fingerprint density at radius 3 is 1.09 bits per heavy atom. The highest BCUT2D eigenvalue weighted by Gasteiger charge is 2.02. The number of hydrogen-bond acceptors (Lipinski definition) is 0.